The van der Waals surface area contributed by atoms with E-state index in [1.807, 2.05) is 18.2 Å². The van der Waals surface area contributed by atoms with E-state index in [2.05, 4.69) is 20.2 Å². The summed E-state index contributed by atoms with van der Waals surface area (Å²) in [5.41, 5.74) is 2.78. The van der Waals surface area contributed by atoms with E-state index >= 15 is 0 Å². The Bertz CT molecular complexity index is 1210. The van der Waals surface area contributed by atoms with Crippen molar-refractivity contribution >= 4 is 23.1 Å². The predicted octanol–water partition coefficient (Wildman–Crippen LogP) is 4.78. The molecule has 0 saturated carbocycles. The summed E-state index contributed by atoms with van der Waals surface area (Å²) in [4.78, 5) is 22.4. The summed E-state index contributed by atoms with van der Waals surface area (Å²) in [6, 6.07) is 7.07. The van der Waals surface area contributed by atoms with Crippen LogP contribution in [0.4, 0.5) is 26.1 Å². The number of carbonyl (C=O) groups excluding carboxylic acids is 1. The number of nitrogens with one attached hydrogen (secondary N) is 1. The van der Waals surface area contributed by atoms with E-state index in [-0.39, 0.29) is 23.5 Å². The van der Waals surface area contributed by atoms with Gasteiger partial charge >= 0.3 is 0 Å². The average Bonchev–Trinajstić information content (AvgIpc) is 2.87. The average molecular weight is 483 g/mol. The lowest BCUT2D eigenvalue weighted by atomic mass is 10.0. The smallest absolute Gasteiger partial charge is 0.227 e. The van der Waals surface area contributed by atoms with Crippen molar-refractivity contribution in [3.05, 3.63) is 65.0 Å². The predicted molar refractivity (Wildman–Crippen MR) is 130 cm³/mol. The van der Waals surface area contributed by atoms with Crippen LogP contribution < -0.4 is 19.7 Å². The van der Waals surface area contributed by atoms with Crippen LogP contribution in [0.2, 0.25) is 0 Å². The fraction of sp³-hybridized carbons (Fsp3) is 0.346. The van der Waals surface area contributed by atoms with Gasteiger partial charge in [0.15, 0.2) is 11.6 Å². The highest BCUT2D eigenvalue weighted by atomic mass is 19.1. The van der Waals surface area contributed by atoms with Gasteiger partial charge in [0.25, 0.3) is 0 Å². The number of halogens is 2. The summed E-state index contributed by atoms with van der Waals surface area (Å²) in [5, 5.41) is 3.15. The van der Waals surface area contributed by atoms with E-state index in [0.29, 0.717) is 49.6 Å². The molecular formula is C26H28F2N4O3. The molecular weight excluding hydrogens is 454 g/mol. The zero-order valence-corrected chi connectivity index (χ0v) is 20.0. The van der Waals surface area contributed by atoms with E-state index in [9.17, 15) is 13.6 Å². The highest BCUT2D eigenvalue weighted by Crippen LogP contribution is 2.33. The van der Waals surface area contributed by atoms with Crippen LogP contribution in [0, 0.1) is 18.6 Å². The largest absolute Gasteiger partial charge is 0.495 e. The molecule has 0 atom stereocenters. The van der Waals surface area contributed by atoms with Crippen molar-refractivity contribution in [2.24, 2.45) is 0 Å². The van der Waals surface area contributed by atoms with Crippen LogP contribution in [0.5, 0.6) is 11.5 Å². The van der Waals surface area contributed by atoms with Crippen LogP contribution in [0.3, 0.4) is 0 Å². The third-order valence-corrected chi connectivity index (χ3v) is 6.13. The number of ketones is 1. The molecule has 1 aliphatic rings. The van der Waals surface area contributed by atoms with Gasteiger partial charge in [-0.3, -0.25) is 4.79 Å². The lowest BCUT2D eigenvalue weighted by molar-refractivity contribution is -0.119. The lowest BCUT2D eigenvalue weighted by Gasteiger charge is -2.29. The van der Waals surface area contributed by atoms with Crippen molar-refractivity contribution in [1.29, 1.82) is 0 Å². The summed E-state index contributed by atoms with van der Waals surface area (Å²) in [6.45, 7) is 2.94. The summed E-state index contributed by atoms with van der Waals surface area (Å²) >= 11 is 0. The van der Waals surface area contributed by atoms with Crippen LogP contribution in [-0.2, 0) is 17.6 Å². The van der Waals surface area contributed by atoms with Gasteiger partial charge in [-0.25, -0.2) is 18.7 Å². The summed E-state index contributed by atoms with van der Waals surface area (Å²) < 4.78 is 39.5. The number of ether oxygens (including phenoxy) is 2. The maximum absolute atomic E-state index is 14.5. The number of methoxy groups -OCH3 is 2. The number of aryl methyl sites for hydroxylation is 2. The third kappa shape index (κ3) is 5.50. The van der Waals surface area contributed by atoms with Crippen LogP contribution in [-0.4, -0.2) is 43.1 Å². The summed E-state index contributed by atoms with van der Waals surface area (Å²) in [5.74, 6) is 0.164. The number of carbonyl (C=O) groups is 1. The highest BCUT2D eigenvalue weighted by molar-refractivity contribution is 5.81. The van der Waals surface area contributed by atoms with Gasteiger partial charge in [-0.15, -0.1) is 0 Å². The van der Waals surface area contributed by atoms with Crippen LogP contribution >= 0.6 is 0 Å². The van der Waals surface area contributed by atoms with Crippen molar-refractivity contribution in [2.45, 2.75) is 32.6 Å². The second-order valence-corrected chi connectivity index (χ2v) is 8.45. The van der Waals surface area contributed by atoms with Crippen molar-refractivity contribution in [1.82, 2.24) is 9.97 Å². The summed E-state index contributed by atoms with van der Waals surface area (Å²) in [6.07, 6.45) is 4.89. The Morgan fingerprint density at radius 1 is 0.971 bits per heavy atom. The van der Waals surface area contributed by atoms with E-state index < -0.39 is 11.6 Å². The number of aromatic nitrogens is 2. The molecule has 0 aliphatic carbocycles. The molecule has 0 amide bonds. The van der Waals surface area contributed by atoms with Crippen LogP contribution in [0.15, 0.2) is 36.7 Å². The molecule has 1 fully saturated rings. The SMILES string of the molecule is COc1cc(Nc2ncc(CCc3c(F)c(C)cc(OC)c3F)cn2)ccc1N1CCC(=O)CC1. The van der Waals surface area contributed by atoms with Crippen molar-refractivity contribution in [3.8, 4) is 11.5 Å². The quantitative estimate of drug-likeness (QED) is 0.495. The molecule has 7 nitrogen and oxygen atoms in total. The topological polar surface area (TPSA) is 76.6 Å². The number of piperidine rings is 1. The van der Waals surface area contributed by atoms with Gasteiger partial charge in [-0.2, -0.15) is 0 Å². The van der Waals surface area contributed by atoms with Crippen molar-refractivity contribution in [2.75, 3.05) is 37.5 Å². The maximum Gasteiger partial charge on any atom is 0.227 e. The third-order valence-electron chi connectivity index (χ3n) is 6.13. The molecule has 9 heteroatoms. The lowest BCUT2D eigenvalue weighted by Crippen LogP contribution is -2.33. The second kappa shape index (κ2) is 10.7. The number of benzene rings is 2. The van der Waals surface area contributed by atoms with Gasteiger partial charge in [0.1, 0.15) is 17.3 Å². The minimum Gasteiger partial charge on any atom is -0.495 e. The molecule has 184 valence electrons. The van der Waals surface area contributed by atoms with E-state index in [1.165, 1.54) is 13.2 Å². The number of rotatable bonds is 8. The van der Waals surface area contributed by atoms with Gasteiger partial charge in [0.2, 0.25) is 5.95 Å². The molecule has 1 N–H and O–H groups in total. The second-order valence-electron chi connectivity index (χ2n) is 8.45. The minimum atomic E-state index is -0.677. The van der Waals surface area contributed by atoms with Gasteiger partial charge in [0.05, 0.1) is 19.9 Å². The monoisotopic (exact) mass is 482 g/mol. The zero-order valence-electron chi connectivity index (χ0n) is 20.0. The number of hydrogen-bond acceptors (Lipinski definition) is 7. The molecule has 0 unspecified atom stereocenters. The highest BCUT2D eigenvalue weighted by Gasteiger charge is 2.20. The first-order valence-corrected chi connectivity index (χ1v) is 11.4. The van der Waals surface area contributed by atoms with Crippen molar-refractivity contribution < 1.29 is 23.0 Å². The molecule has 0 spiro atoms. The fourth-order valence-electron chi connectivity index (χ4n) is 4.13. The first-order chi connectivity index (χ1) is 16.9. The molecule has 1 aliphatic heterocycles. The maximum atomic E-state index is 14.5. The first kappa shape index (κ1) is 24.4. The number of hydrogen-bond donors (Lipinski definition) is 1. The Morgan fingerprint density at radius 2 is 1.66 bits per heavy atom. The van der Waals surface area contributed by atoms with E-state index in [4.69, 9.17) is 9.47 Å². The molecule has 3 aromatic rings. The Morgan fingerprint density at radius 3 is 2.31 bits per heavy atom. The molecule has 4 rings (SSSR count). The zero-order chi connectivity index (χ0) is 24.9. The number of nitrogens with zero attached hydrogens (tertiary/aromatic N) is 3. The Kier molecular flexibility index (Phi) is 7.43. The molecule has 2 aromatic carbocycles. The van der Waals surface area contributed by atoms with Gasteiger partial charge in [0, 0.05) is 55.6 Å². The van der Waals surface area contributed by atoms with Gasteiger partial charge < -0.3 is 19.7 Å². The van der Waals surface area contributed by atoms with E-state index in [1.54, 1.807) is 26.4 Å². The molecule has 2 heterocycles. The number of anilines is 3. The summed E-state index contributed by atoms with van der Waals surface area (Å²) in [7, 11) is 2.97. The Labute approximate surface area is 203 Å². The first-order valence-electron chi connectivity index (χ1n) is 11.4. The molecule has 1 saturated heterocycles. The van der Waals surface area contributed by atoms with Crippen LogP contribution in [0.1, 0.15) is 29.5 Å². The Balaban J connectivity index is 1.42. The molecule has 1 aromatic heterocycles. The minimum absolute atomic E-state index is 0.00527. The van der Waals surface area contributed by atoms with Crippen LogP contribution in [0.25, 0.3) is 0 Å². The molecule has 0 bridgehead atoms. The van der Waals surface area contributed by atoms with Crippen molar-refractivity contribution in [3.63, 3.8) is 0 Å². The number of Topliss-reactive ketones (excluding diaryl/α,β-unsaturated/α-hetero) is 1. The standard InChI is InChI=1S/C26H28F2N4O3/c1-16-12-23(35-3)25(28)20(24(16)27)6-4-17-14-29-26(30-15-17)31-18-5-7-21(22(13-18)34-2)32-10-8-19(33)9-11-32/h5,7,12-15H,4,6,8-11H2,1-3H3,(H,29,30,31). The fourth-order valence-corrected chi connectivity index (χ4v) is 4.13. The molecule has 0 radical (unpaired) electrons. The van der Waals surface area contributed by atoms with Gasteiger partial charge in [-0.1, -0.05) is 0 Å². The Hall–Kier alpha value is -3.75. The molecule has 35 heavy (non-hydrogen) atoms. The van der Waals surface area contributed by atoms with E-state index in [0.717, 1.165) is 16.9 Å². The van der Waals surface area contributed by atoms with Gasteiger partial charge in [-0.05, 0) is 49.1 Å². The normalized spacial score (nSPS) is 13.6.